The van der Waals surface area contributed by atoms with E-state index >= 15 is 0 Å². The molecular formula is C6H3F10I. The molecule has 0 nitrogen and oxygen atoms in total. The Morgan fingerprint density at radius 2 is 1.00 bits per heavy atom. The Bertz CT molecular complexity index is 245. The molecule has 17 heavy (non-hydrogen) atoms. The highest BCUT2D eigenvalue weighted by atomic mass is 127. The molecule has 0 amide bonds. The molecule has 104 valence electrons. The fourth-order valence-corrected chi connectivity index (χ4v) is 1.36. The zero-order valence-corrected chi connectivity index (χ0v) is 9.60. The van der Waals surface area contributed by atoms with E-state index in [0.717, 1.165) is 0 Å². The number of alkyl halides is 11. The Morgan fingerprint density at radius 1 is 0.706 bits per heavy atom. The van der Waals surface area contributed by atoms with E-state index in [9.17, 15) is 43.9 Å². The van der Waals surface area contributed by atoms with Crippen LogP contribution < -0.4 is 0 Å². The molecule has 0 aliphatic rings. The third kappa shape index (κ3) is 3.74. The molecule has 0 saturated heterocycles. The van der Waals surface area contributed by atoms with Crippen LogP contribution in [0.1, 0.15) is 6.42 Å². The molecule has 0 aromatic rings. The molecule has 0 radical (unpaired) electrons. The lowest BCUT2D eigenvalue weighted by Crippen LogP contribution is -2.55. The van der Waals surface area contributed by atoms with E-state index in [1.807, 2.05) is 0 Å². The van der Waals surface area contributed by atoms with Crippen LogP contribution in [0.2, 0.25) is 0 Å². The normalized spacial score (nSPS) is 17.1. The lowest BCUT2D eigenvalue weighted by molar-refractivity contribution is -0.345. The average Bonchev–Trinajstić information content (AvgIpc) is 1.97. The maximum absolute atomic E-state index is 12.8. The van der Waals surface area contributed by atoms with Gasteiger partial charge in [-0.1, -0.05) is 22.6 Å². The second-order valence-corrected chi connectivity index (χ2v) is 4.51. The fourth-order valence-electron chi connectivity index (χ4n) is 0.755. The van der Waals surface area contributed by atoms with E-state index in [2.05, 4.69) is 0 Å². The monoisotopic (exact) mass is 392 g/mol. The fraction of sp³-hybridized carbons (Fsp3) is 1.00. The molecule has 0 heterocycles. The van der Waals surface area contributed by atoms with Crippen molar-refractivity contribution in [2.24, 2.45) is 0 Å². The highest BCUT2D eigenvalue weighted by molar-refractivity contribution is 14.1. The van der Waals surface area contributed by atoms with Gasteiger partial charge in [0.05, 0.1) is 0 Å². The lowest BCUT2D eigenvalue weighted by Gasteiger charge is -2.31. The van der Waals surface area contributed by atoms with Crippen LogP contribution in [0.4, 0.5) is 43.9 Å². The molecular weight excluding hydrogens is 389 g/mol. The Hall–Kier alpha value is 0.0300. The molecule has 0 saturated carbocycles. The molecule has 1 unspecified atom stereocenters. The minimum atomic E-state index is -6.46. The van der Waals surface area contributed by atoms with Gasteiger partial charge in [0.25, 0.3) is 0 Å². The topological polar surface area (TPSA) is 0 Å². The van der Waals surface area contributed by atoms with Gasteiger partial charge in [-0.25, -0.2) is 4.39 Å². The standard InChI is InChI=1S/C6H3F10I/c7-3(5(11,12)13,6(14,15)16)1-2(17)4(8,9)10/h2H,1H2. The van der Waals surface area contributed by atoms with Gasteiger partial charge in [0.2, 0.25) is 0 Å². The quantitative estimate of drug-likeness (QED) is 0.367. The van der Waals surface area contributed by atoms with Gasteiger partial charge < -0.3 is 0 Å². The van der Waals surface area contributed by atoms with E-state index in [1.165, 1.54) is 0 Å². The molecule has 0 bridgehead atoms. The minimum Gasteiger partial charge on any atom is -0.224 e. The summed E-state index contributed by atoms with van der Waals surface area (Å²) in [7, 11) is 0. The zero-order chi connectivity index (χ0) is 14.3. The summed E-state index contributed by atoms with van der Waals surface area (Å²) in [6.45, 7) is 0. The van der Waals surface area contributed by atoms with Crippen LogP contribution >= 0.6 is 22.6 Å². The van der Waals surface area contributed by atoms with E-state index in [4.69, 9.17) is 0 Å². The third-order valence-corrected chi connectivity index (χ3v) is 2.86. The minimum absolute atomic E-state index is 0.288. The molecule has 0 aliphatic heterocycles. The summed E-state index contributed by atoms with van der Waals surface area (Å²) in [6.07, 6.45) is -21.0. The van der Waals surface area contributed by atoms with E-state index in [0.29, 0.717) is 0 Å². The van der Waals surface area contributed by atoms with Crippen molar-refractivity contribution >= 4 is 22.6 Å². The molecule has 0 fully saturated rings. The van der Waals surface area contributed by atoms with Crippen LogP contribution in [-0.2, 0) is 0 Å². The van der Waals surface area contributed by atoms with Crippen LogP contribution in [0, 0.1) is 0 Å². The molecule has 0 rings (SSSR count). The van der Waals surface area contributed by atoms with Gasteiger partial charge in [-0.15, -0.1) is 0 Å². The summed E-state index contributed by atoms with van der Waals surface area (Å²) >= 11 is 0.288. The van der Waals surface area contributed by atoms with Gasteiger partial charge in [0, 0.05) is 6.42 Å². The van der Waals surface area contributed by atoms with Crippen LogP contribution in [0.25, 0.3) is 0 Å². The van der Waals surface area contributed by atoms with Crippen molar-refractivity contribution in [1.29, 1.82) is 0 Å². The number of hydrogen-bond donors (Lipinski definition) is 0. The first-order chi connectivity index (χ1) is 7.13. The summed E-state index contributed by atoms with van der Waals surface area (Å²) in [6, 6.07) is 0. The Kier molecular flexibility index (Phi) is 4.62. The van der Waals surface area contributed by atoms with Crippen LogP contribution in [0.15, 0.2) is 0 Å². The van der Waals surface area contributed by atoms with Crippen LogP contribution in [-0.4, -0.2) is 28.1 Å². The molecule has 1 atom stereocenters. The summed E-state index contributed by atoms with van der Waals surface area (Å²) < 4.78 is 117. The number of halogens is 11. The first-order valence-corrected chi connectivity index (χ1v) is 4.90. The van der Waals surface area contributed by atoms with Crippen molar-refractivity contribution in [2.75, 3.05) is 0 Å². The predicted molar refractivity (Wildman–Crippen MR) is 44.4 cm³/mol. The van der Waals surface area contributed by atoms with E-state index in [-0.39, 0.29) is 22.6 Å². The van der Waals surface area contributed by atoms with Gasteiger partial charge in [-0.3, -0.25) is 0 Å². The van der Waals surface area contributed by atoms with Crippen molar-refractivity contribution in [2.45, 2.75) is 34.5 Å². The maximum Gasteiger partial charge on any atom is 0.431 e. The molecule has 0 aliphatic carbocycles. The highest BCUT2D eigenvalue weighted by Crippen LogP contribution is 2.51. The average molecular weight is 392 g/mol. The highest BCUT2D eigenvalue weighted by Gasteiger charge is 2.73. The molecule has 0 aromatic heterocycles. The number of hydrogen-bond acceptors (Lipinski definition) is 0. The van der Waals surface area contributed by atoms with Crippen LogP contribution in [0.3, 0.4) is 0 Å². The number of rotatable bonds is 2. The second-order valence-electron chi connectivity index (χ2n) is 3.01. The first kappa shape index (κ1) is 17.0. The molecule has 0 N–H and O–H groups in total. The van der Waals surface area contributed by atoms with Crippen molar-refractivity contribution < 1.29 is 43.9 Å². The SMILES string of the molecule is FC(F)(F)C(I)CC(F)(C(F)(F)F)C(F)(F)F. The summed E-state index contributed by atoms with van der Waals surface area (Å²) in [5, 5.41) is 0. The maximum atomic E-state index is 12.8. The van der Waals surface area contributed by atoms with Gasteiger partial charge in [0.1, 0.15) is 3.92 Å². The molecule has 0 spiro atoms. The van der Waals surface area contributed by atoms with E-state index in [1.54, 1.807) is 0 Å². The van der Waals surface area contributed by atoms with Crippen molar-refractivity contribution in [1.82, 2.24) is 0 Å². The van der Waals surface area contributed by atoms with E-state index < -0.39 is 34.5 Å². The summed E-state index contributed by atoms with van der Waals surface area (Å²) in [4.78, 5) is 0. The van der Waals surface area contributed by atoms with Gasteiger partial charge in [0.15, 0.2) is 0 Å². The second kappa shape index (κ2) is 4.61. The predicted octanol–water partition coefficient (Wildman–Crippen LogP) is 4.58. The first-order valence-electron chi connectivity index (χ1n) is 3.66. The largest absolute Gasteiger partial charge is 0.431 e. The van der Waals surface area contributed by atoms with Crippen molar-refractivity contribution in [3.05, 3.63) is 0 Å². The smallest absolute Gasteiger partial charge is 0.224 e. The van der Waals surface area contributed by atoms with Crippen molar-refractivity contribution in [3.8, 4) is 0 Å². The van der Waals surface area contributed by atoms with Crippen LogP contribution in [0.5, 0.6) is 0 Å². The molecule has 11 heteroatoms. The van der Waals surface area contributed by atoms with Crippen molar-refractivity contribution in [3.63, 3.8) is 0 Å². The Morgan fingerprint density at radius 3 is 1.18 bits per heavy atom. The van der Waals surface area contributed by atoms with Gasteiger partial charge in [-0.05, 0) is 0 Å². The Balaban J connectivity index is 5.27. The Labute approximate surface area is 101 Å². The summed E-state index contributed by atoms with van der Waals surface area (Å²) in [5.74, 6) is 0. The van der Waals surface area contributed by atoms with Gasteiger partial charge in [-0.2, -0.15) is 39.5 Å². The lowest BCUT2D eigenvalue weighted by atomic mass is 9.98. The summed E-state index contributed by atoms with van der Waals surface area (Å²) in [5.41, 5.74) is -5.87. The zero-order valence-electron chi connectivity index (χ0n) is 7.44. The third-order valence-electron chi connectivity index (χ3n) is 1.71. The van der Waals surface area contributed by atoms with Gasteiger partial charge >= 0.3 is 24.2 Å². The molecule has 0 aromatic carbocycles.